The Kier molecular flexibility index (Phi) is 15.0. The fourth-order valence-corrected chi connectivity index (χ4v) is 5.40. The number of halogens is 3. The maximum absolute atomic E-state index is 13.9. The van der Waals surface area contributed by atoms with Gasteiger partial charge in [0.05, 0.1) is 17.8 Å². The van der Waals surface area contributed by atoms with E-state index in [4.69, 9.17) is 27.1 Å². The van der Waals surface area contributed by atoms with E-state index in [2.05, 4.69) is 43.1 Å². The number of amides is 1. The van der Waals surface area contributed by atoms with Crippen molar-refractivity contribution >= 4 is 24.1 Å². The van der Waals surface area contributed by atoms with E-state index < -0.39 is 23.8 Å². The van der Waals surface area contributed by atoms with Gasteiger partial charge in [-0.3, -0.25) is 9.59 Å². The molecule has 0 fully saturated rings. The Hall–Kier alpha value is -4.01. The number of aryl methyl sites for hydroxylation is 2. The summed E-state index contributed by atoms with van der Waals surface area (Å²) in [5.74, 6) is 5.41. The first-order chi connectivity index (χ1) is 22.3. The van der Waals surface area contributed by atoms with Gasteiger partial charge in [-0.1, -0.05) is 64.0 Å². The fraction of sp³-hybridized carbons (Fsp3) is 0.459. The Labute approximate surface area is 287 Å². The van der Waals surface area contributed by atoms with Crippen molar-refractivity contribution in [1.82, 2.24) is 19.8 Å². The average Bonchev–Trinajstić information content (AvgIpc) is 2.96. The highest BCUT2D eigenvalue weighted by Crippen LogP contribution is 2.34. The van der Waals surface area contributed by atoms with Gasteiger partial charge in [0.15, 0.2) is 0 Å². The lowest BCUT2D eigenvalue weighted by Gasteiger charge is -2.25. The van der Waals surface area contributed by atoms with Crippen LogP contribution in [0.5, 0.6) is 0 Å². The molecule has 0 spiro atoms. The van der Waals surface area contributed by atoms with Gasteiger partial charge in [0.2, 0.25) is 5.91 Å². The Morgan fingerprint density at radius 2 is 1.69 bits per heavy atom. The number of nitrogens with one attached hydrogen (secondary N) is 1. The monoisotopic (exact) mass is 684 g/mol. The summed E-state index contributed by atoms with van der Waals surface area (Å²) < 4.78 is 43.3. The van der Waals surface area contributed by atoms with Crippen LogP contribution in [0.3, 0.4) is 0 Å². The first-order valence-corrected chi connectivity index (χ1v) is 16.2. The number of carbonyl (C=O) groups excluding carboxylic acids is 1. The highest BCUT2D eigenvalue weighted by Gasteiger charge is 2.34. The van der Waals surface area contributed by atoms with Crippen LogP contribution >= 0.6 is 12.2 Å². The molecule has 0 saturated carbocycles. The SMILES string of the molecule is CC(=O)O.Cc1cccc(C)c1-c1cc(C#CC(C)C)nc(CNC(=O)C(CC(C)C)n2cc(CCN(C)C)c(C(F)(F)F)cc2=S)c1. The number of nitrogens with zero attached hydrogens (tertiary/aromatic N) is 3. The quantitative estimate of drug-likeness (QED) is 0.166. The molecule has 0 aliphatic rings. The molecule has 1 aromatic carbocycles. The standard InChI is InChI=1S/C35H43F3N4OS.C2H4O2/c1-22(2)12-13-28-17-27(33-24(5)10-9-11-25(33)6)18-29(40-28)20-39-34(43)31(16-23(3)4)42-21-26(14-15-41(7)8)30(19-32(42)44)35(36,37)38;1-2(3)4/h9-11,17-19,21-23,31H,14-16,20H2,1-8H3,(H,39,43);1H3,(H,3,4). The molecule has 0 aliphatic carbocycles. The van der Waals surface area contributed by atoms with Crippen molar-refractivity contribution in [3.63, 3.8) is 0 Å². The van der Waals surface area contributed by atoms with Crippen LogP contribution in [-0.4, -0.2) is 52.1 Å². The van der Waals surface area contributed by atoms with E-state index in [1.54, 1.807) is 14.1 Å². The van der Waals surface area contributed by atoms with E-state index in [0.717, 1.165) is 35.2 Å². The molecule has 3 aromatic rings. The number of hydrogen-bond donors (Lipinski definition) is 2. The lowest BCUT2D eigenvalue weighted by Crippen LogP contribution is -2.34. The molecule has 11 heteroatoms. The van der Waals surface area contributed by atoms with Gasteiger partial charge in [-0.05, 0) is 98.6 Å². The van der Waals surface area contributed by atoms with Crippen molar-refractivity contribution < 1.29 is 27.9 Å². The zero-order chi connectivity index (χ0) is 36.3. The van der Waals surface area contributed by atoms with E-state index in [-0.39, 0.29) is 40.9 Å². The first-order valence-electron chi connectivity index (χ1n) is 15.8. The van der Waals surface area contributed by atoms with Gasteiger partial charge in [-0.15, -0.1) is 0 Å². The van der Waals surface area contributed by atoms with Crippen molar-refractivity contribution in [2.24, 2.45) is 11.8 Å². The van der Waals surface area contributed by atoms with E-state index in [0.29, 0.717) is 24.4 Å². The van der Waals surface area contributed by atoms with E-state index >= 15 is 0 Å². The number of likely N-dealkylation sites (N-methyl/N-ethyl adjacent to an activating group) is 1. The minimum absolute atomic E-state index is 0.0341. The summed E-state index contributed by atoms with van der Waals surface area (Å²) in [4.78, 5) is 29.3. The first kappa shape index (κ1) is 40.2. The van der Waals surface area contributed by atoms with Crippen molar-refractivity contribution in [3.8, 4) is 23.0 Å². The second kappa shape index (κ2) is 17.9. The molecule has 0 aliphatic heterocycles. The molecule has 7 nitrogen and oxygen atoms in total. The summed E-state index contributed by atoms with van der Waals surface area (Å²) >= 11 is 5.44. The number of carboxylic acids is 1. The number of aromatic nitrogens is 2. The van der Waals surface area contributed by atoms with E-state index in [1.807, 2.05) is 50.8 Å². The highest BCUT2D eigenvalue weighted by molar-refractivity contribution is 7.71. The van der Waals surface area contributed by atoms with Gasteiger partial charge < -0.3 is 19.9 Å². The number of carbonyl (C=O) groups is 2. The summed E-state index contributed by atoms with van der Waals surface area (Å²) in [5, 5.41) is 10.4. The van der Waals surface area contributed by atoms with Gasteiger partial charge in [0.1, 0.15) is 16.4 Å². The van der Waals surface area contributed by atoms with Gasteiger partial charge in [0.25, 0.3) is 5.97 Å². The molecule has 1 amide bonds. The fourth-order valence-electron chi connectivity index (χ4n) is 5.11. The van der Waals surface area contributed by atoms with Crippen LogP contribution in [0, 0.1) is 42.2 Å². The molecule has 0 bridgehead atoms. The Morgan fingerprint density at radius 3 is 2.21 bits per heavy atom. The van der Waals surface area contributed by atoms with Crippen molar-refractivity contribution in [2.45, 2.75) is 80.1 Å². The van der Waals surface area contributed by atoms with Crippen LogP contribution in [0.25, 0.3) is 11.1 Å². The number of hydrogen-bond acceptors (Lipinski definition) is 5. The molecule has 2 heterocycles. The van der Waals surface area contributed by atoms with Crippen molar-refractivity contribution in [2.75, 3.05) is 20.6 Å². The predicted molar refractivity (Wildman–Crippen MR) is 187 cm³/mol. The summed E-state index contributed by atoms with van der Waals surface area (Å²) in [6.07, 6.45) is -2.56. The van der Waals surface area contributed by atoms with Crippen LogP contribution in [0.2, 0.25) is 0 Å². The molecule has 2 N–H and O–H groups in total. The van der Waals surface area contributed by atoms with Crippen LogP contribution in [0.4, 0.5) is 13.2 Å². The molecule has 1 unspecified atom stereocenters. The smallest absolute Gasteiger partial charge is 0.416 e. The van der Waals surface area contributed by atoms with Gasteiger partial charge in [0, 0.05) is 25.6 Å². The molecular formula is C37H47F3N4O3S. The molecule has 1 atom stereocenters. The van der Waals surface area contributed by atoms with Gasteiger partial charge in [-0.2, -0.15) is 13.2 Å². The predicted octanol–water partition coefficient (Wildman–Crippen LogP) is 8.02. The van der Waals surface area contributed by atoms with E-state index in [1.165, 1.54) is 10.8 Å². The Bertz CT molecular complexity index is 1680. The molecule has 48 heavy (non-hydrogen) atoms. The second-order valence-electron chi connectivity index (χ2n) is 12.8. The maximum atomic E-state index is 13.9. The van der Waals surface area contributed by atoms with Gasteiger partial charge in [-0.25, -0.2) is 4.98 Å². The highest BCUT2D eigenvalue weighted by atomic mass is 32.1. The Morgan fingerprint density at radius 1 is 1.08 bits per heavy atom. The Balaban J connectivity index is 0.00000189. The van der Waals surface area contributed by atoms with E-state index in [9.17, 15) is 18.0 Å². The number of carboxylic acid groups (broad SMARTS) is 1. The lowest BCUT2D eigenvalue weighted by atomic mass is 9.95. The number of alkyl halides is 3. The normalized spacial score (nSPS) is 11.9. The van der Waals surface area contributed by atoms with Crippen LogP contribution in [0.15, 0.2) is 42.6 Å². The summed E-state index contributed by atoms with van der Waals surface area (Å²) in [6, 6.07) is 10.2. The summed E-state index contributed by atoms with van der Waals surface area (Å²) in [7, 11) is 3.61. The number of rotatable bonds is 10. The van der Waals surface area contributed by atoms with Crippen molar-refractivity contribution in [3.05, 3.63) is 80.9 Å². The largest absolute Gasteiger partial charge is 0.481 e. The zero-order valence-corrected chi connectivity index (χ0v) is 30.1. The zero-order valence-electron chi connectivity index (χ0n) is 29.2. The average molecular weight is 685 g/mol. The molecular weight excluding hydrogens is 637 g/mol. The molecule has 2 aromatic heterocycles. The number of pyridine rings is 2. The third kappa shape index (κ3) is 12.5. The minimum atomic E-state index is -4.55. The number of benzene rings is 1. The maximum Gasteiger partial charge on any atom is 0.416 e. The molecule has 0 saturated heterocycles. The summed E-state index contributed by atoms with van der Waals surface area (Å²) in [6.45, 7) is 13.7. The topological polar surface area (TPSA) is 87.5 Å². The lowest BCUT2D eigenvalue weighted by molar-refractivity contribution is -0.138. The molecule has 260 valence electrons. The van der Waals surface area contributed by atoms with Gasteiger partial charge >= 0.3 is 6.18 Å². The number of aliphatic carboxylic acids is 1. The van der Waals surface area contributed by atoms with Crippen LogP contribution in [0.1, 0.15) is 80.7 Å². The second-order valence-corrected chi connectivity index (χ2v) is 13.2. The van der Waals surface area contributed by atoms with Crippen LogP contribution in [-0.2, 0) is 28.7 Å². The van der Waals surface area contributed by atoms with Crippen LogP contribution < -0.4 is 5.32 Å². The minimum Gasteiger partial charge on any atom is -0.481 e. The third-order valence-corrected chi connectivity index (χ3v) is 7.54. The summed E-state index contributed by atoms with van der Waals surface area (Å²) in [5.41, 5.74) is 4.89. The van der Waals surface area contributed by atoms with Crippen molar-refractivity contribution in [1.29, 1.82) is 0 Å². The molecule has 3 rings (SSSR count). The molecule has 0 radical (unpaired) electrons. The third-order valence-electron chi connectivity index (χ3n) is 7.21.